The van der Waals surface area contributed by atoms with E-state index in [1.165, 1.54) is 7.11 Å². The SMILES string of the molecule is COc1ccc(C(=O)Nc2ccc(Cl)c(Br)c2)cc1N. The van der Waals surface area contributed by atoms with Crippen molar-refractivity contribution < 1.29 is 9.53 Å². The summed E-state index contributed by atoms with van der Waals surface area (Å²) in [4.78, 5) is 12.1. The standard InChI is InChI=1S/C14H12BrClN2O2/c1-20-13-5-2-8(6-12(13)17)14(19)18-9-3-4-11(16)10(15)7-9/h2-7H,17H2,1H3,(H,18,19). The molecule has 0 aromatic heterocycles. The summed E-state index contributed by atoms with van der Waals surface area (Å²) in [5, 5.41) is 3.35. The van der Waals surface area contributed by atoms with Crippen LogP contribution < -0.4 is 15.8 Å². The van der Waals surface area contributed by atoms with Gasteiger partial charge in [-0.3, -0.25) is 4.79 Å². The van der Waals surface area contributed by atoms with E-state index in [0.29, 0.717) is 32.2 Å². The normalized spacial score (nSPS) is 10.2. The summed E-state index contributed by atoms with van der Waals surface area (Å²) < 4.78 is 5.76. The van der Waals surface area contributed by atoms with Gasteiger partial charge >= 0.3 is 0 Å². The van der Waals surface area contributed by atoms with E-state index in [9.17, 15) is 4.79 Å². The average molecular weight is 356 g/mol. The monoisotopic (exact) mass is 354 g/mol. The molecule has 0 heterocycles. The lowest BCUT2D eigenvalue weighted by molar-refractivity contribution is 0.102. The molecule has 4 nitrogen and oxygen atoms in total. The second-order valence-corrected chi connectivity index (χ2v) is 5.30. The maximum absolute atomic E-state index is 12.1. The van der Waals surface area contributed by atoms with Gasteiger partial charge in [0.25, 0.3) is 5.91 Å². The Hall–Kier alpha value is -1.72. The Morgan fingerprint density at radius 3 is 2.65 bits per heavy atom. The quantitative estimate of drug-likeness (QED) is 0.820. The summed E-state index contributed by atoms with van der Waals surface area (Å²) in [6.07, 6.45) is 0. The van der Waals surface area contributed by atoms with Crippen molar-refractivity contribution in [3.05, 3.63) is 51.5 Å². The second-order valence-electron chi connectivity index (χ2n) is 4.04. The van der Waals surface area contributed by atoms with Gasteiger partial charge in [0.15, 0.2) is 0 Å². The number of carbonyl (C=O) groups excluding carboxylic acids is 1. The fourth-order valence-electron chi connectivity index (χ4n) is 1.65. The summed E-state index contributed by atoms with van der Waals surface area (Å²) in [5.41, 5.74) is 7.28. The Morgan fingerprint density at radius 1 is 1.30 bits per heavy atom. The molecule has 0 radical (unpaired) electrons. The minimum absolute atomic E-state index is 0.256. The molecule has 0 bridgehead atoms. The number of carbonyl (C=O) groups is 1. The maximum atomic E-state index is 12.1. The van der Waals surface area contributed by atoms with E-state index in [1.54, 1.807) is 36.4 Å². The molecule has 0 unspecified atom stereocenters. The molecule has 0 saturated carbocycles. The van der Waals surface area contributed by atoms with E-state index < -0.39 is 0 Å². The Balaban J connectivity index is 2.19. The summed E-state index contributed by atoms with van der Waals surface area (Å²) in [5.74, 6) is 0.282. The van der Waals surface area contributed by atoms with Crippen molar-refractivity contribution in [2.45, 2.75) is 0 Å². The topological polar surface area (TPSA) is 64.3 Å². The summed E-state index contributed by atoms with van der Waals surface area (Å²) in [6.45, 7) is 0. The van der Waals surface area contributed by atoms with Gasteiger partial charge in [0.1, 0.15) is 5.75 Å². The maximum Gasteiger partial charge on any atom is 0.255 e. The number of benzene rings is 2. The van der Waals surface area contributed by atoms with Crippen LogP contribution in [0.1, 0.15) is 10.4 Å². The van der Waals surface area contributed by atoms with Gasteiger partial charge in [0.05, 0.1) is 17.8 Å². The zero-order valence-corrected chi connectivity index (χ0v) is 13.0. The first-order chi connectivity index (χ1) is 9.51. The van der Waals surface area contributed by atoms with Gasteiger partial charge in [0, 0.05) is 15.7 Å². The van der Waals surface area contributed by atoms with Crippen LogP contribution in [0, 0.1) is 0 Å². The summed E-state index contributed by atoms with van der Waals surface area (Å²) in [6, 6.07) is 10.0. The van der Waals surface area contributed by atoms with Crippen LogP contribution in [-0.2, 0) is 0 Å². The lowest BCUT2D eigenvalue weighted by atomic mass is 10.1. The van der Waals surface area contributed by atoms with Gasteiger partial charge in [-0.05, 0) is 52.3 Å². The largest absolute Gasteiger partial charge is 0.495 e. The molecule has 6 heteroatoms. The molecular formula is C14H12BrClN2O2. The van der Waals surface area contributed by atoms with E-state index in [-0.39, 0.29) is 5.91 Å². The molecule has 2 rings (SSSR count). The van der Waals surface area contributed by atoms with Gasteiger partial charge in [0.2, 0.25) is 0 Å². The summed E-state index contributed by atoms with van der Waals surface area (Å²) >= 11 is 9.20. The van der Waals surface area contributed by atoms with Crippen LogP contribution >= 0.6 is 27.5 Å². The molecule has 0 saturated heterocycles. The number of hydrogen-bond acceptors (Lipinski definition) is 3. The van der Waals surface area contributed by atoms with Crippen LogP contribution in [0.25, 0.3) is 0 Å². The Morgan fingerprint density at radius 2 is 2.05 bits per heavy atom. The number of nitrogens with two attached hydrogens (primary N) is 1. The van der Waals surface area contributed by atoms with Crippen molar-refractivity contribution in [1.82, 2.24) is 0 Å². The van der Waals surface area contributed by atoms with E-state index in [0.717, 1.165) is 0 Å². The number of amides is 1. The predicted octanol–water partition coefficient (Wildman–Crippen LogP) is 3.95. The van der Waals surface area contributed by atoms with Crippen molar-refractivity contribution in [2.75, 3.05) is 18.2 Å². The van der Waals surface area contributed by atoms with Crippen molar-refractivity contribution >= 4 is 44.8 Å². The highest BCUT2D eigenvalue weighted by Crippen LogP contribution is 2.26. The smallest absolute Gasteiger partial charge is 0.255 e. The average Bonchev–Trinajstić information content (AvgIpc) is 2.42. The lowest BCUT2D eigenvalue weighted by Gasteiger charge is -2.09. The molecular weight excluding hydrogens is 344 g/mol. The first-order valence-corrected chi connectivity index (χ1v) is 6.88. The molecule has 3 N–H and O–H groups in total. The molecule has 0 aliphatic rings. The lowest BCUT2D eigenvalue weighted by Crippen LogP contribution is -2.12. The van der Waals surface area contributed by atoms with E-state index >= 15 is 0 Å². The molecule has 0 atom stereocenters. The molecule has 20 heavy (non-hydrogen) atoms. The van der Waals surface area contributed by atoms with E-state index in [2.05, 4.69) is 21.2 Å². The molecule has 104 valence electrons. The van der Waals surface area contributed by atoms with Crippen LogP contribution in [0.3, 0.4) is 0 Å². The fourth-order valence-corrected chi connectivity index (χ4v) is 2.15. The zero-order valence-electron chi connectivity index (χ0n) is 10.6. The first kappa shape index (κ1) is 14.7. The van der Waals surface area contributed by atoms with Crippen molar-refractivity contribution in [3.63, 3.8) is 0 Å². The van der Waals surface area contributed by atoms with E-state index in [4.69, 9.17) is 22.1 Å². The van der Waals surface area contributed by atoms with Crippen LogP contribution in [0.2, 0.25) is 5.02 Å². The highest BCUT2D eigenvalue weighted by Gasteiger charge is 2.09. The van der Waals surface area contributed by atoms with Gasteiger partial charge in [-0.2, -0.15) is 0 Å². The molecule has 2 aromatic carbocycles. The summed E-state index contributed by atoms with van der Waals surface area (Å²) in [7, 11) is 1.52. The number of nitrogens with one attached hydrogen (secondary N) is 1. The number of rotatable bonds is 3. The Kier molecular flexibility index (Phi) is 4.52. The third-order valence-corrected chi connectivity index (χ3v) is 3.88. The van der Waals surface area contributed by atoms with Crippen molar-refractivity contribution in [1.29, 1.82) is 0 Å². The van der Waals surface area contributed by atoms with Crippen molar-refractivity contribution in [3.8, 4) is 5.75 Å². The van der Waals surface area contributed by atoms with Gasteiger partial charge in [-0.1, -0.05) is 11.6 Å². The van der Waals surface area contributed by atoms with Gasteiger partial charge in [-0.15, -0.1) is 0 Å². The fraction of sp³-hybridized carbons (Fsp3) is 0.0714. The van der Waals surface area contributed by atoms with Crippen LogP contribution in [0.15, 0.2) is 40.9 Å². The van der Waals surface area contributed by atoms with Crippen LogP contribution in [-0.4, -0.2) is 13.0 Å². The minimum Gasteiger partial charge on any atom is -0.495 e. The van der Waals surface area contributed by atoms with Crippen LogP contribution in [0.4, 0.5) is 11.4 Å². The highest BCUT2D eigenvalue weighted by atomic mass is 79.9. The van der Waals surface area contributed by atoms with Gasteiger partial charge < -0.3 is 15.8 Å². The third-order valence-electron chi connectivity index (χ3n) is 2.67. The number of anilines is 2. The molecule has 0 fully saturated rings. The van der Waals surface area contributed by atoms with Crippen LogP contribution in [0.5, 0.6) is 5.75 Å². The zero-order chi connectivity index (χ0) is 14.7. The molecule has 1 amide bonds. The molecule has 0 aliphatic carbocycles. The second kappa shape index (κ2) is 6.15. The highest BCUT2D eigenvalue weighted by molar-refractivity contribution is 9.10. The number of ether oxygens (including phenoxy) is 1. The first-order valence-electron chi connectivity index (χ1n) is 5.71. The Bertz CT molecular complexity index is 662. The van der Waals surface area contributed by atoms with E-state index in [1.807, 2.05) is 0 Å². The molecule has 0 spiro atoms. The minimum atomic E-state index is -0.256. The predicted molar refractivity (Wildman–Crippen MR) is 84.5 cm³/mol. The van der Waals surface area contributed by atoms with Crippen molar-refractivity contribution in [2.24, 2.45) is 0 Å². The number of halogens is 2. The third kappa shape index (κ3) is 3.23. The number of hydrogen-bond donors (Lipinski definition) is 2. The Labute approximate surface area is 130 Å². The number of nitrogen functional groups attached to an aromatic ring is 1. The molecule has 2 aromatic rings. The van der Waals surface area contributed by atoms with Gasteiger partial charge in [-0.25, -0.2) is 0 Å². The molecule has 0 aliphatic heterocycles. The number of methoxy groups -OCH3 is 1.